The molecule has 1 aromatic heterocycles. The summed E-state index contributed by atoms with van der Waals surface area (Å²) in [6, 6.07) is 0.593. The molecule has 2 N–H and O–H groups in total. The molecule has 2 heterocycles. The number of carbonyl (C=O) groups excluding carboxylic acids is 1. The van der Waals surface area contributed by atoms with E-state index in [-0.39, 0.29) is 24.4 Å². The Morgan fingerprint density at radius 3 is 3.00 bits per heavy atom. The van der Waals surface area contributed by atoms with Crippen LogP contribution >= 0.6 is 23.7 Å². The SMILES string of the molecule is Cc1ncc(C(=O)NC2CCCNC2C)s1.Cl. The summed E-state index contributed by atoms with van der Waals surface area (Å²) in [5.41, 5.74) is 0. The predicted molar refractivity (Wildman–Crippen MR) is 72.1 cm³/mol. The summed E-state index contributed by atoms with van der Waals surface area (Å²) in [5, 5.41) is 7.36. The van der Waals surface area contributed by atoms with Gasteiger partial charge in [0, 0.05) is 12.1 Å². The molecule has 2 rings (SSSR count). The molecule has 0 aromatic carbocycles. The topological polar surface area (TPSA) is 54.0 Å². The van der Waals surface area contributed by atoms with Gasteiger partial charge in [-0.3, -0.25) is 4.79 Å². The number of nitrogens with zero attached hydrogens (tertiary/aromatic N) is 1. The number of aryl methyl sites for hydroxylation is 1. The molecule has 1 aliphatic rings. The van der Waals surface area contributed by atoms with E-state index in [1.54, 1.807) is 6.20 Å². The van der Waals surface area contributed by atoms with Crippen molar-refractivity contribution >= 4 is 29.7 Å². The van der Waals surface area contributed by atoms with E-state index in [0.717, 1.165) is 24.4 Å². The van der Waals surface area contributed by atoms with Crippen molar-refractivity contribution in [3.8, 4) is 0 Å². The first kappa shape index (κ1) is 14.4. The van der Waals surface area contributed by atoms with Gasteiger partial charge in [-0.25, -0.2) is 4.98 Å². The Labute approximate surface area is 112 Å². The van der Waals surface area contributed by atoms with Crippen molar-refractivity contribution in [1.82, 2.24) is 15.6 Å². The summed E-state index contributed by atoms with van der Waals surface area (Å²) in [4.78, 5) is 16.7. The van der Waals surface area contributed by atoms with E-state index in [2.05, 4.69) is 22.5 Å². The van der Waals surface area contributed by atoms with Gasteiger partial charge < -0.3 is 10.6 Å². The third-order valence-electron chi connectivity index (χ3n) is 2.92. The van der Waals surface area contributed by atoms with E-state index in [0.29, 0.717) is 10.9 Å². The lowest BCUT2D eigenvalue weighted by atomic mass is 10.00. The Kier molecular flexibility index (Phi) is 5.36. The van der Waals surface area contributed by atoms with Gasteiger partial charge in [-0.1, -0.05) is 0 Å². The van der Waals surface area contributed by atoms with Crippen molar-refractivity contribution in [1.29, 1.82) is 0 Å². The van der Waals surface area contributed by atoms with Crippen LogP contribution in [0.2, 0.25) is 0 Å². The molecule has 1 saturated heterocycles. The molecule has 0 bridgehead atoms. The highest BCUT2D eigenvalue weighted by atomic mass is 35.5. The summed E-state index contributed by atoms with van der Waals surface area (Å²) in [5.74, 6) is 0.00569. The van der Waals surface area contributed by atoms with Crippen LogP contribution in [0.15, 0.2) is 6.20 Å². The lowest BCUT2D eigenvalue weighted by molar-refractivity contribution is 0.0924. The average Bonchev–Trinajstić information content (AvgIpc) is 2.68. The number of hydrogen-bond donors (Lipinski definition) is 2. The molecular formula is C11H18ClN3OS. The van der Waals surface area contributed by atoms with Crippen LogP contribution in [-0.4, -0.2) is 29.5 Å². The summed E-state index contributed by atoms with van der Waals surface area (Å²) in [6.07, 6.45) is 3.82. The van der Waals surface area contributed by atoms with Crippen LogP contribution in [0, 0.1) is 6.92 Å². The van der Waals surface area contributed by atoms with E-state index in [9.17, 15) is 4.79 Å². The van der Waals surface area contributed by atoms with E-state index in [1.807, 2.05) is 6.92 Å². The smallest absolute Gasteiger partial charge is 0.263 e. The summed E-state index contributed by atoms with van der Waals surface area (Å²) >= 11 is 1.44. The maximum atomic E-state index is 11.9. The van der Waals surface area contributed by atoms with Gasteiger partial charge in [0.1, 0.15) is 4.88 Å². The second-order valence-corrected chi connectivity index (χ2v) is 5.44. The van der Waals surface area contributed by atoms with E-state index < -0.39 is 0 Å². The lowest BCUT2D eigenvalue weighted by Crippen LogP contribution is -2.51. The molecule has 1 aliphatic heterocycles. The first-order valence-corrected chi connectivity index (χ1v) is 6.45. The first-order chi connectivity index (χ1) is 7.66. The second-order valence-electron chi connectivity index (χ2n) is 4.21. The zero-order chi connectivity index (χ0) is 11.5. The van der Waals surface area contributed by atoms with Crippen LogP contribution in [0.3, 0.4) is 0 Å². The van der Waals surface area contributed by atoms with Gasteiger partial charge in [0.25, 0.3) is 5.91 Å². The monoisotopic (exact) mass is 275 g/mol. The zero-order valence-electron chi connectivity index (χ0n) is 10.0. The zero-order valence-corrected chi connectivity index (χ0v) is 11.7. The van der Waals surface area contributed by atoms with Crippen molar-refractivity contribution in [3.63, 3.8) is 0 Å². The minimum atomic E-state index is 0. The maximum Gasteiger partial charge on any atom is 0.263 e. The quantitative estimate of drug-likeness (QED) is 0.865. The highest BCUT2D eigenvalue weighted by Crippen LogP contribution is 2.13. The van der Waals surface area contributed by atoms with Gasteiger partial charge in [0.15, 0.2) is 0 Å². The van der Waals surface area contributed by atoms with Gasteiger partial charge in [0.05, 0.1) is 11.2 Å². The van der Waals surface area contributed by atoms with Crippen LogP contribution in [0.5, 0.6) is 0 Å². The summed E-state index contributed by atoms with van der Waals surface area (Å²) in [7, 11) is 0. The van der Waals surface area contributed by atoms with Crippen LogP contribution in [0.4, 0.5) is 0 Å². The number of thiazole rings is 1. The molecule has 0 radical (unpaired) electrons. The van der Waals surface area contributed by atoms with Crippen molar-refractivity contribution in [2.75, 3.05) is 6.54 Å². The van der Waals surface area contributed by atoms with Gasteiger partial charge >= 0.3 is 0 Å². The van der Waals surface area contributed by atoms with Gasteiger partial charge in [0.2, 0.25) is 0 Å². The number of hydrogen-bond acceptors (Lipinski definition) is 4. The molecule has 0 aliphatic carbocycles. The third kappa shape index (κ3) is 3.66. The highest BCUT2D eigenvalue weighted by molar-refractivity contribution is 7.13. The Hall–Kier alpha value is -0.650. The van der Waals surface area contributed by atoms with Gasteiger partial charge in [-0.05, 0) is 33.2 Å². The average molecular weight is 276 g/mol. The number of rotatable bonds is 2. The number of amides is 1. The normalized spacial score (nSPS) is 23.9. The molecule has 6 heteroatoms. The van der Waals surface area contributed by atoms with Crippen molar-refractivity contribution in [2.45, 2.75) is 38.8 Å². The van der Waals surface area contributed by atoms with Crippen LogP contribution in [0.1, 0.15) is 34.4 Å². The van der Waals surface area contributed by atoms with Crippen LogP contribution < -0.4 is 10.6 Å². The number of carbonyl (C=O) groups is 1. The minimum absolute atomic E-state index is 0. The fraction of sp³-hybridized carbons (Fsp3) is 0.636. The largest absolute Gasteiger partial charge is 0.347 e. The van der Waals surface area contributed by atoms with Gasteiger partial charge in [-0.2, -0.15) is 0 Å². The fourth-order valence-electron chi connectivity index (χ4n) is 1.95. The van der Waals surface area contributed by atoms with Gasteiger partial charge in [-0.15, -0.1) is 23.7 Å². The number of piperidine rings is 1. The minimum Gasteiger partial charge on any atom is -0.347 e. The Morgan fingerprint density at radius 1 is 1.65 bits per heavy atom. The molecule has 1 aromatic rings. The number of nitrogens with one attached hydrogen (secondary N) is 2. The summed E-state index contributed by atoms with van der Waals surface area (Å²) in [6.45, 7) is 5.07. The molecule has 1 fully saturated rings. The fourth-order valence-corrected chi connectivity index (χ4v) is 2.63. The van der Waals surface area contributed by atoms with Crippen LogP contribution in [0.25, 0.3) is 0 Å². The molecule has 0 saturated carbocycles. The van der Waals surface area contributed by atoms with E-state index in [1.165, 1.54) is 11.3 Å². The Balaban J connectivity index is 0.00000144. The molecule has 4 nitrogen and oxygen atoms in total. The van der Waals surface area contributed by atoms with E-state index in [4.69, 9.17) is 0 Å². The summed E-state index contributed by atoms with van der Waals surface area (Å²) < 4.78 is 0. The number of halogens is 1. The lowest BCUT2D eigenvalue weighted by Gasteiger charge is -2.30. The molecule has 2 unspecified atom stereocenters. The van der Waals surface area contributed by atoms with Crippen LogP contribution in [-0.2, 0) is 0 Å². The van der Waals surface area contributed by atoms with Crippen molar-refractivity contribution in [3.05, 3.63) is 16.1 Å². The van der Waals surface area contributed by atoms with E-state index >= 15 is 0 Å². The van der Waals surface area contributed by atoms with Crippen molar-refractivity contribution < 1.29 is 4.79 Å². The number of aromatic nitrogens is 1. The second kappa shape index (κ2) is 6.33. The first-order valence-electron chi connectivity index (χ1n) is 5.63. The molecule has 2 atom stereocenters. The van der Waals surface area contributed by atoms with Crippen molar-refractivity contribution in [2.24, 2.45) is 0 Å². The maximum absolute atomic E-state index is 11.9. The Morgan fingerprint density at radius 2 is 2.41 bits per heavy atom. The molecule has 17 heavy (non-hydrogen) atoms. The standard InChI is InChI=1S/C11H17N3OS.ClH/c1-7-9(4-3-5-12-7)14-11(15)10-6-13-8(2)16-10;/h6-7,9,12H,3-5H2,1-2H3,(H,14,15);1H. The molecule has 1 amide bonds. The Bertz CT molecular complexity index is 383. The molecular weight excluding hydrogens is 258 g/mol. The highest BCUT2D eigenvalue weighted by Gasteiger charge is 2.23. The predicted octanol–water partition coefficient (Wildman–Crippen LogP) is 1.74. The third-order valence-corrected chi connectivity index (χ3v) is 3.83. The molecule has 96 valence electrons. The molecule has 0 spiro atoms.